The van der Waals surface area contributed by atoms with Crippen molar-refractivity contribution in [2.24, 2.45) is 0 Å². The Morgan fingerprint density at radius 3 is 2.61 bits per heavy atom. The average Bonchev–Trinajstić information content (AvgIpc) is 2.93. The van der Waals surface area contributed by atoms with E-state index in [0.717, 1.165) is 21.8 Å². The molecule has 0 unspecified atom stereocenters. The summed E-state index contributed by atoms with van der Waals surface area (Å²) in [5.74, 6) is 0.273. The van der Waals surface area contributed by atoms with Gasteiger partial charge in [-0.1, -0.05) is 6.07 Å². The predicted molar refractivity (Wildman–Crippen MR) is 73.0 cm³/mol. The van der Waals surface area contributed by atoms with E-state index in [1.54, 1.807) is 23.7 Å². The third-order valence-electron chi connectivity index (χ3n) is 2.51. The summed E-state index contributed by atoms with van der Waals surface area (Å²) in [5.41, 5.74) is 8.25. The molecule has 18 heavy (non-hydrogen) atoms. The van der Waals surface area contributed by atoms with E-state index in [2.05, 4.69) is 21.0 Å². The zero-order valence-corrected chi connectivity index (χ0v) is 10.3. The van der Waals surface area contributed by atoms with Crippen molar-refractivity contribution in [3.8, 4) is 21.8 Å². The number of hydrogen-bond acceptors (Lipinski definition) is 5. The molecule has 5 heteroatoms. The Hall–Kier alpha value is -2.27. The quantitative estimate of drug-likeness (QED) is 0.763. The Kier molecular flexibility index (Phi) is 2.74. The number of aromatic nitrogens is 3. The molecule has 0 saturated carbocycles. The first kappa shape index (κ1) is 10.9. The molecule has 3 aromatic heterocycles. The second kappa shape index (κ2) is 4.54. The van der Waals surface area contributed by atoms with Crippen LogP contribution in [0.2, 0.25) is 0 Å². The van der Waals surface area contributed by atoms with Crippen molar-refractivity contribution >= 4 is 17.3 Å². The maximum absolute atomic E-state index is 5.56. The summed E-state index contributed by atoms with van der Waals surface area (Å²) in [4.78, 5) is 13.6. The molecule has 88 valence electrons. The van der Waals surface area contributed by atoms with Crippen molar-refractivity contribution in [1.29, 1.82) is 0 Å². The summed E-state index contributed by atoms with van der Waals surface area (Å²) < 4.78 is 0. The van der Waals surface area contributed by atoms with E-state index in [1.807, 2.05) is 29.6 Å². The highest BCUT2D eigenvalue weighted by Crippen LogP contribution is 2.24. The molecule has 0 spiro atoms. The van der Waals surface area contributed by atoms with Crippen LogP contribution in [0.5, 0.6) is 0 Å². The predicted octanol–water partition coefficient (Wildman–Crippen LogP) is 2.85. The van der Waals surface area contributed by atoms with E-state index in [1.165, 1.54) is 0 Å². The normalized spacial score (nSPS) is 10.4. The summed E-state index contributed by atoms with van der Waals surface area (Å²) in [6.07, 6.45) is 3.45. The first-order valence-corrected chi connectivity index (χ1v) is 6.30. The van der Waals surface area contributed by atoms with Gasteiger partial charge in [-0.25, -0.2) is 9.97 Å². The van der Waals surface area contributed by atoms with Gasteiger partial charge in [0.15, 0.2) is 0 Å². The van der Waals surface area contributed by atoms with E-state index in [-0.39, 0.29) is 5.95 Å². The van der Waals surface area contributed by atoms with E-state index in [4.69, 9.17) is 5.73 Å². The van der Waals surface area contributed by atoms with Crippen LogP contribution in [0.1, 0.15) is 0 Å². The molecule has 3 rings (SSSR count). The Bertz CT molecular complexity index is 647. The van der Waals surface area contributed by atoms with Gasteiger partial charge in [-0.2, -0.15) is 0 Å². The van der Waals surface area contributed by atoms with Crippen LogP contribution in [0.4, 0.5) is 5.95 Å². The monoisotopic (exact) mass is 254 g/mol. The van der Waals surface area contributed by atoms with Crippen molar-refractivity contribution in [3.63, 3.8) is 0 Å². The lowest BCUT2D eigenvalue weighted by molar-refractivity contribution is 1.18. The van der Waals surface area contributed by atoms with Crippen molar-refractivity contribution in [2.45, 2.75) is 0 Å². The van der Waals surface area contributed by atoms with Gasteiger partial charge < -0.3 is 5.73 Å². The van der Waals surface area contributed by atoms with Crippen LogP contribution in [-0.2, 0) is 0 Å². The van der Waals surface area contributed by atoms with Crippen LogP contribution in [0.3, 0.4) is 0 Å². The van der Waals surface area contributed by atoms with Gasteiger partial charge in [0.25, 0.3) is 0 Å². The summed E-state index contributed by atoms with van der Waals surface area (Å²) >= 11 is 1.67. The molecule has 0 saturated heterocycles. The van der Waals surface area contributed by atoms with Crippen molar-refractivity contribution in [1.82, 2.24) is 15.0 Å². The number of nitrogens with two attached hydrogens (primary N) is 1. The number of nitrogen functional groups attached to an aromatic ring is 1. The van der Waals surface area contributed by atoms with Gasteiger partial charge in [0.05, 0.1) is 16.3 Å². The smallest absolute Gasteiger partial charge is 0.220 e. The summed E-state index contributed by atoms with van der Waals surface area (Å²) in [6, 6.07) is 9.86. The van der Waals surface area contributed by atoms with Crippen LogP contribution in [-0.4, -0.2) is 15.0 Å². The molecule has 0 amide bonds. The first-order chi connectivity index (χ1) is 8.83. The first-order valence-electron chi connectivity index (χ1n) is 5.42. The maximum Gasteiger partial charge on any atom is 0.220 e. The number of hydrogen-bond donors (Lipinski definition) is 1. The van der Waals surface area contributed by atoms with Crippen LogP contribution < -0.4 is 5.73 Å². The van der Waals surface area contributed by atoms with E-state index in [9.17, 15) is 0 Å². The number of anilines is 1. The van der Waals surface area contributed by atoms with Gasteiger partial charge in [0.2, 0.25) is 5.95 Å². The minimum absolute atomic E-state index is 0.273. The second-order valence-electron chi connectivity index (χ2n) is 3.71. The zero-order chi connectivity index (χ0) is 12.4. The van der Waals surface area contributed by atoms with Gasteiger partial charge >= 0.3 is 0 Å². The third-order valence-corrected chi connectivity index (χ3v) is 3.40. The minimum atomic E-state index is 0.273. The fraction of sp³-hybridized carbons (Fsp3) is 0. The molecule has 0 bridgehead atoms. The van der Waals surface area contributed by atoms with Crippen LogP contribution in [0, 0.1) is 0 Å². The Balaban J connectivity index is 1.96. The van der Waals surface area contributed by atoms with Gasteiger partial charge in [-0.05, 0) is 29.6 Å². The third kappa shape index (κ3) is 2.08. The van der Waals surface area contributed by atoms with Crippen molar-refractivity contribution in [2.75, 3.05) is 5.73 Å². The molecule has 0 aliphatic heterocycles. The summed E-state index contributed by atoms with van der Waals surface area (Å²) in [5, 5.41) is 2.04. The molecule has 0 fully saturated rings. The highest BCUT2D eigenvalue weighted by atomic mass is 32.1. The molecule has 0 radical (unpaired) electrons. The van der Waals surface area contributed by atoms with Gasteiger partial charge in [-0.15, -0.1) is 11.3 Å². The molecular weight excluding hydrogens is 244 g/mol. The summed E-state index contributed by atoms with van der Waals surface area (Å²) in [6.45, 7) is 0. The maximum atomic E-state index is 5.56. The highest BCUT2D eigenvalue weighted by molar-refractivity contribution is 7.13. The van der Waals surface area contributed by atoms with Gasteiger partial charge in [-0.3, -0.25) is 4.98 Å². The second-order valence-corrected chi connectivity index (χ2v) is 4.66. The lowest BCUT2D eigenvalue weighted by Gasteiger charge is -2.02. The lowest BCUT2D eigenvalue weighted by atomic mass is 10.2. The number of nitrogens with zero attached hydrogens (tertiary/aromatic N) is 3. The number of rotatable bonds is 2. The molecule has 0 atom stereocenters. The molecule has 3 heterocycles. The van der Waals surface area contributed by atoms with Crippen molar-refractivity contribution < 1.29 is 0 Å². The van der Waals surface area contributed by atoms with Crippen LogP contribution in [0.15, 0.2) is 48.1 Å². The molecule has 3 aromatic rings. The standard InChI is InChI=1S/C13H10N4S/c14-13-15-6-5-10(17-13)9-3-4-11(16-8-9)12-2-1-7-18-12/h1-8H,(H2,14,15,17). The average molecular weight is 254 g/mol. The molecule has 0 aliphatic rings. The highest BCUT2D eigenvalue weighted by Gasteiger charge is 2.03. The number of thiophene rings is 1. The van der Waals surface area contributed by atoms with Gasteiger partial charge in [0, 0.05) is 18.0 Å². The van der Waals surface area contributed by atoms with Crippen molar-refractivity contribution in [3.05, 3.63) is 48.1 Å². The van der Waals surface area contributed by atoms with Crippen LogP contribution in [0.25, 0.3) is 21.8 Å². The molecular formula is C13H10N4S. The SMILES string of the molecule is Nc1nccc(-c2ccc(-c3cccs3)nc2)n1. The molecule has 0 aliphatic carbocycles. The minimum Gasteiger partial charge on any atom is -0.368 e. The Morgan fingerprint density at radius 1 is 1.00 bits per heavy atom. The fourth-order valence-electron chi connectivity index (χ4n) is 1.65. The van der Waals surface area contributed by atoms with E-state index in [0.29, 0.717) is 0 Å². The Labute approximate surface area is 108 Å². The number of pyridine rings is 1. The molecule has 4 nitrogen and oxygen atoms in total. The molecule has 2 N–H and O–H groups in total. The lowest BCUT2D eigenvalue weighted by Crippen LogP contribution is -1.95. The van der Waals surface area contributed by atoms with E-state index >= 15 is 0 Å². The summed E-state index contributed by atoms with van der Waals surface area (Å²) in [7, 11) is 0. The van der Waals surface area contributed by atoms with E-state index < -0.39 is 0 Å². The Morgan fingerprint density at radius 2 is 1.94 bits per heavy atom. The van der Waals surface area contributed by atoms with Gasteiger partial charge in [0.1, 0.15) is 0 Å². The zero-order valence-electron chi connectivity index (χ0n) is 9.45. The fourth-order valence-corrected chi connectivity index (χ4v) is 2.35. The topological polar surface area (TPSA) is 64.7 Å². The largest absolute Gasteiger partial charge is 0.368 e. The van der Waals surface area contributed by atoms with Crippen LogP contribution >= 0.6 is 11.3 Å². The molecule has 0 aromatic carbocycles.